The summed E-state index contributed by atoms with van der Waals surface area (Å²) < 4.78 is 0. The average Bonchev–Trinajstić information content (AvgIpc) is 3.14. The number of nitrogens with zero attached hydrogens (tertiary/aromatic N) is 2. The minimum Gasteiger partial charge on any atom is -0.355 e. The molecule has 148 valence electrons. The Hall–Kier alpha value is -1.88. The van der Waals surface area contributed by atoms with Crippen LogP contribution in [0.4, 0.5) is 5.69 Å². The van der Waals surface area contributed by atoms with Gasteiger partial charge >= 0.3 is 0 Å². The van der Waals surface area contributed by atoms with Gasteiger partial charge in [-0.15, -0.1) is 0 Å². The molecule has 3 rings (SSSR count). The molecule has 1 saturated carbocycles. The van der Waals surface area contributed by atoms with Crippen molar-refractivity contribution >= 4 is 17.5 Å². The Kier molecular flexibility index (Phi) is 6.89. The highest BCUT2D eigenvalue weighted by atomic mass is 16.2. The molecule has 27 heavy (non-hydrogen) atoms. The quantitative estimate of drug-likeness (QED) is 0.802. The average molecular weight is 372 g/mol. The third-order valence-corrected chi connectivity index (χ3v) is 6.19. The van der Waals surface area contributed by atoms with E-state index in [-0.39, 0.29) is 23.7 Å². The van der Waals surface area contributed by atoms with Gasteiger partial charge in [-0.3, -0.25) is 9.59 Å². The van der Waals surface area contributed by atoms with Crippen LogP contribution in [0.1, 0.15) is 45.1 Å². The Morgan fingerprint density at radius 1 is 1.11 bits per heavy atom. The summed E-state index contributed by atoms with van der Waals surface area (Å²) in [7, 11) is 0. The van der Waals surface area contributed by atoms with Crippen LogP contribution >= 0.6 is 0 Å². The van der Waals surface area contributed by atoms with Gasteiger partial charge in [-0.05, 0) is 44.0 Å². The predicted octanol–water partition coefficient (Wildman–Crippen LogP) is 2.84. The van der Waals surface area contributed by atoms with Crippen molar-refractivity contribution in [2.75, 3.05) is 37.6 Å². The van der Waals surface area contributed by atoms with Crippen LogP contribution in [-0.2, 0) is 16.0 Å². The van der Waals surface area contributed by atoms with Crippen molar-refractivity contribution in [3.05, 3.63) is 29.8 Å². The molecule has 1 aromatic carbocycles. The maximum atomic E-state index is 13.3. The lowest BCUT2D eigenvalue weighted by Gasteiger charge is -2.33. The molecule has 0 spiro atoms. The second kappa shape index (κ2) is 9.36. The molecule has 1 heterocycles. The molecule has 1 fully saturated rings. The van der Waals surface area contributed by atoms with E-state index in [1.54, 1.807) is 0 Å². The van der Waals surface area contributed by atoms with Crippen LogP contribution in [0.5, 0.6) is 0 Å². The van der Waals surface area contributed by atoms with Gasteiger partial charge in [0.2, 0.25) is 11.8 Å². The number of para-hydroxylation sites is 1. The van der Waals surface area contributed by atoms with Crippen LogP contribution in [-0.4, -0.2) is 49.4 Å². The molecule has 1 aliphatic carbocycles. The first-order chi connectivity index (χ1) is 13.2. The van der Waals surface area contributed by atoms with Gasteiger partial charge in [-0.1, -0.05) is 44.9 Å². The molecular formula is C22H33N3O2. The molecule has 2 unspecified atom stereocenters. The van der Waals surface area contributed by atoms with Crippen LogP contribution in [0.25, 0.3) is 0 Å². The molecule has 0 saturated heterocycles. The highest BCUT2D eigenvalue weighted by Gasteiger charge is 2.39. The molecule has 1 N–H and O–H groups in total. The van der Waals surface area contributed by atoms with E-state index in [4.69, 9.17) is 0 Å². The standard InChI is InChI=1S/C22H33N3O2/c1-3-24(4-2)16-14-23-21(26)18-10-6-7-11-19(18)22(27)25-15-13-17-9-5-8-12-20(17)25/h5,8-9,12,18-19H,3-4,6-7,10-11,13-16H2,1-2H3,(H,23,26). The van der Waals surface area contributed by atoms with Crippen molar-refractivity contribution in [3.8, 4) is 0 Å². The largest absolute Gasteiger partial charge is 0.355 e. The second-order valence-electron chi connectivity index (χ2n) is 7.68. The molecule has 0 bridgehead atoms. The number of nitrogens with one attached hydrogen (secondary N) is 1. The van der Waals surface area contributed by atoms with E-state index in [1.807, 2.05) is 23.1 Å². The van der Waals surface area contributed by atoms with Crippen LogP contribution in [0.15, 0.2) is 24.3 Å². The van der Waals surface area contributed by atoms with Crippen molar-refractivity contribution in [1.29, 1.82) is 0 Å². The zero-order valence-electron chi connectivity index (χ0n) is 16.7. The summed E-state index contributed by atoms with van der Waals surface area (Å²) in [5, 5.41) is 3.09. The van der Waals surface area contributed by atoms with Gasteiger partial charge in [0, 0.05) is 31.2 Å². The Balaban J connectivity index is 1.63. The number of rotatable bonds is 7. The minimum atomic E-state index is -0.185. The van der Waals surface area contributed by atoms with Crippen molar-refractivity contribution in [2.24, 2.45) is 11.8 Å². The van der Waals surface area contributed by atoms with E-state index in [2.05, 4.69) is 30.1 Å². The van der Waals surface area contributed by atoms with E-state index in [0.717, 1.165) is 64.0 Å². The molecule has 0 radical (unpaired) electrons. The number of carbonyl (C=O) groups excluding carboxylic acids is 2. The van der Waals surface area contributed by atoms with Crippen LogP contribution in [0.3, 0.4) is 0 Å². The highest BCUT2D eigenvalue weighted by molar-refractivity contribution is 5.99. The van der Waals surface area contributed by atoms with Crippen LogP contribution in [0, 0.1) is 11.8 Å². The lowest BCUT2D eigenvalue weighted by molar-refractivity contribution is -0.135. The molecule has 2 amide bonds. The smallest absolute Gasteiger partial charge is 0.230 e. The number of anilines is 1. The van der Waals surface area contributed by atoms with E-state index < -0.39 is 0 Å². The van der Waals surface area contributed by atoms with Crippen molar-refractivity contribution in [2.45, 2.75) is 46.0 Å². The van der Waals surface area contributed by atoms with Gasteiger partial charge in [0.15, 0.2) is 0 Å². The van der Waals surface area contributed by atoms with E-state index in [1.165, 1.54) is 5.56 Å². The summed E-state index contributed by atoms with van der Waals surface area (Å²) in [5.74, 6) is -0.162. The topological polar surface area (TPSA) is 52.7 Å². The number of carbonyl (C=O) groups is 2. The summed E-state index contributed by atoms with van der Waals surface area (Å²) in [4.78, 5) is 30.3. The maximum Gasteiger partial charge on any atom is 0.230 e. The number of fused-ring (bicyclic) bond motifs is 1. The predicted molar refractivity (Wildman–Crippen MR) is 109 cm³/mol. The molecular weight excluding hydrogens is 338 g/mol. The number of amides is 2. The lowest BCUT2D eigenvalue weighted by atomic mass is 9.77. The summed E-state index contributed by atoms with van der Waals surface area (Å²) in [5.41, 5.74) is 2.27. The van der Waals surface area contributed by atoms with Crippen LogP contribution < -0.4 is 10.2 Å². The molecule has 1 aromatic rings. The third kappa shape index (κ3) is 4.52. The Bertz CT molecular complexity index is 657. The fraction of sp³-hybridized carbons (Fsp3) is 0.636. The van der Waals surface area contributed by atoms with Gasteiger partial charge in [-0.25, -0.2) is 0 Å². The van der Waals surface area contributed by atoms with Gasteiger partial charge in [0.05, 0.1) is 5.92 Å². The highest BCUT2D eigenvalue weighted by Crippen LogP contribution is 2.35. The maximum absolute atomic E-state index is 13.3. The molecule has 5 nitrogen and oxygen atoms in total. The summed E-state index contributed by atoms with van der Waals surface area (Å²) in [6.07, 6.45) is 4.63. The minimum absolute atomic E-state index is 0.0627. The van der Waals surface area contributed by atoms with Crippen LogP contribution in [0.2, 0.25) is 0 Å². The summed E-state index contributed by atoms with van der Waals surface area (Å²) in [6, 6.07) is 8.14. The molecule has 2 aliphatic rings. The van der Waals surface area contributed by atoms with Crippen molar-refractivity contribution < 1.29 is 9.59 Å². The normalized spacial score (nSPS) is 22.0. The number of hydrogen-bond donors (Lipinski definition) is 1. The fourth-order valence-corrected chi connectivity index (χ4v) is 4.52. The first kappa shape index (κ1) is 19.9. The number of benzene rings is 1. The number of hydrogen-bond acceptors (Lipinski definition) is 3. The third-order valence-electron chi connectivity index (χ3n) is 6.19. The summed E-state index contributed by atoms with van der Waals surface area (Å²) in [6.45, 7) is 8.51. The zero-order chi connectivity index (χ0) is 19.2. The fourth-order valence-electron chi connectivity index (χ4n) is 4.52. The lowest BCUT2D eigenvalue weighted by Crippen LogP contribution is -2.46. The monoisotopic (exact) mass is 371 g/mol. The van der Waals surface area contributed by atoms with E-state index in [9.17, 15) is 9.59 Å². The first-order valence-electron chi connectivity index (χ1n) is 10.5. The Morgan fingerprint density at radius 3 is 2.56 bits per heavy atom. The molecule has 5 heteroatoms. The van der Waals surface area contributed by atoms with E-state index >= 15 is 0 Å². The van der Waals surface area contributed by atoms with Gasteiger partial charge in [0.1, 0.15) is 0 Å². The second-order valence-corrected chi connectivity index (χ2v) is 7.68. The number of likely N-dealkylation sites (N-methyl/N-ethyl adjacent to an activating group) is 1. The SMILES string of the molecule is CCN(CC)CCNC(=O)C1CCCCC1C(=O)N1CCc2ccccc21. The molecule has 1 aliphatic heterocycles. The summed E-state index contributed by atoms with van der Waals surface area (Å²) >= 11 is 0. The van der Waals surface area contributed by atoms with Crippen molar-refractivity contribution in [3.63, 3.8) is 0 Å². The van der Waals surface area contributed by atoms with Crippen molar-refractivity contribution in [1.82, 2.24) is 10.2 Å². The molecule has 0 aromatic heterocycles. The Labute approximate surface area is 163 Å². The zero-order valence-corrected chi connectivity index (χ0v) is 16.7. The first-order valence-corrected chi connectivity index (χ1v) is 10.5. The van der Waals surface area contributed by atoms with Gasteiger partial charge in [-0.2, -0.15) is 0 Å². The van der Waals surface area contributed by atoms with E-state index in [0.29, 0.717) is 6.54 Å². The van der Waals surface area contributed by atoms with Gasteiger partial charge in [0.25, 0.3) is 0 Å². The Morgan fingerprint density at radius 2 is 1.81 bits per heavy atom. The van der Waals surface area contributed by atoms with Gasteiger partial charge < -0.3 is 15.1 Å². The molecule has 2 atom stereocenters.